The lowest BCUT2D eigenvalue weighted by Crippen LogP contribution is -2.27. The molecule has 17 heavy (non-hydrogen) atoms. The highest BCUT2D eigenvalue weighted by molar-refractivity contribution is 5.89. The zero-order valence-corrected chi connectivity index (χ0v) is 9.02. The fourth-order valence-electron chi connectivity index (χ4n) is 1.18. The first-order valence-corrected chi connectivity index (χ1v) is 4.83. The molecule has 0 aliphatic heterocycles. The van der Waals surface area contributed by atoms with Gasteiger partial charge in [0.25, 0.3) is 6.43 Å². The van der Waals surface area contributed by atoms with E-state index in [4.69, 9.17) is 10.2 Å². The third kappa shape index (κ3) is 3.63. The van der Waals surface area contributed by atoms with Crippen LogP contribution in [0.2, 0.25) is 0 Å². The maximum absolute atomic E-state index is 12.0. The molecule has 1 rings (SSSR count). The highest BCUT2D eigenvalue weighted by Crippen LogP contribution is 2.11. The number of aromatic nitrogens is 1. The molecule has 0 fully saturated rings. The summed E-state index contributed by atoms with van der Waals surface area (Å²) in [7, 11) is 0. The lowest BCUT2D eigenvalue weighted by atomic mass is 10.2. The van der Waals surface area contributed by atoms with Crippen molar-refractivity contribution >= 4 is 11.8 Å². The van der Waals surface area contributed by atoms with Crippen LogP contribution < -0.4 is 5.32 Å². The van der Waals surface area contributed by atoms with Crippen molar-refractivity contribution in [3.8, 4) is 0 Å². The maximum Gasteiger partial charge on any atom is 0.337 e. The molecule has 0 spiro atoms. The van der Waals surface area contributed by atoms with Gasteiger partial charge in [0.2, 0.25) is 0 Å². The Hall–Kier alpha value is -1.76. The summed E-state index contributed by atoms with van der Waals surface area (Å²) in [5.74, 6) is -0.860. The lowest BCUT2D eigenvalue weighted by Gasteiger charge is -2.11. The Kier molecular flexibility index (Phi) is 4.33. The number of alkyl halides is 2. The average molecular weight is 246 g/mol. The molecule has 0 bridgehead atoms. The maximum atomic E-state index is 12.0. The minimum Gasteiger partial charge on any atom is -0.478 e. The molecular formula is C10H12F2N2O3. The first-order valence-electron chi connectivity index (χ1n) is 4.83. The van der Waals surface area contributed by atoms with Crippen LogP contribution in [0.5, 0.6) is 0 Å². The second kappa shape index (κ2) is 5.53. The Bertz CT molecular complexity index is 413. The van der Waals surface area contributed by atoms with Crippen LogP contribution in [0, 0.1) is 6.92 Å². The van der Waals surface area contributed by atoms with Crippen molar-refractivity contribution in [1.29, 1.82) is 0 Å². The van der Waals surface area contributed by atoms with Gasteiger partial charge in [0.05, 0.1) is 11.3 Å². The van der Waals surface area contributed by atoms with Gasteiger partial charge in [0.15, 0.2) is 0 Å². The Morgan fingerprint density at radius 3 is 2.65 bits per heavy atom. The van der Waals surface area contributed by atoms with Crippen LogP contribution in [0.4, 0.5) is 14.6 Å². The summed E-state index contributed by atoms with van der Waals surface area (Å²) in [5, 5.41) is 20.1. The highest BCUT2D eigenvalue weighted by Gasteiger charge is 2.16. The Morgan fingerprint density at radius 1 is 1.53 bits per heavy atom. The number of aliphatic hydroxyl groups is 1. The molecule has 0 saturated carbocycles. The number of pyridine rings is 1. The van der Waals surface area contributed by atoms with Crippen LogP contribution in [-0.4, -0.2) is 40.2 Å². The van der Waals surface area contributed by atoms with Crippen molar-refractivity contribution < 1.29 is 23.8 Å². The van der Waals surface area contributed by atoms with Gasteiger partial charge in [-0.3, -0.25) is 0 Å². The van der Waals surface area contributed by atoms with Gasteiger partial charge in [-0.2, -0.15) is 0 Å². The third-order valence-electron chi connectivity index (χ3n) is 2.10. The molecule has 3 N–H and O–H groups in total. The molecule has 1 aromatic rings. The number of carboxylic acids is 1. The number of hydrogen-bond donors (Lipinski definition) is 3. The van der Waals surface area contributed by atoms with Crippen molar-refractivity contribution in [1.82, 2.24) is 4.98 Å². The fourth-order valence-corrected chi connectivity index (χ4v) is 1.18. The summed E-state index contributed by atoms with van der Waals surface area (Å²) in [4.78, 5) is 14.6. The Morgan fingerprint density at radius 2 is 2.18 bits per heavy atom. The first-order chi connectivity index (χ1) is 7.91. The number of aryl methyl sites for hydroxylation is 1. The highest BCUT2D eigenvalue weighted by atomic mass is 19.3. The predicted octanol–water partition coefficient (Wildman–Crippen LogP) is 1.13. The van der Waals surface area contributed by atoms with Crippen LogP contribution in [0.3, 0.4) is 0 Å². The second-order valence-corrected chi connectivity index (χ2v) is 3.42. The number of carbonyl (C=O) groups is 1. The van der Waals surface area contributed by atoms with Gasteiger partial charge in [-0.05, 0) is 19.1 Å². The zero-order chi connectivity index (χ0) is 13.0. The van der Waals surface area contributed by atoms with E-state index in [9.17, 15) is 13.6 Å². The Labute approximate surface area is 96.1 Å². The van der Waals surface area contributed by atoms with E-state index in [1.807, 2.05) is 0 Å². The topological polar surface area (TPSA) is 82.5 Å². The summed E-state index contributed by atoms with van der Waals surface area (Å²) < 4.78 is 24.0. The summed E-state index contributed by atoms with van der Waals surface area (Å²) in [6.45, 7) is 1.15. The molecule has 5 nitrogen and oxygen atoms in total. The van der Waals surface area contributed by atoms with Crippen LogP contribution in [0.1, 0.15) is 16.1 Å². The number of halogens is 2. The smallest absolute Gasteiger partial charge is 0.337 e. The fraction of sp³-hybridized carbons (Fsp3) is 0.400. The van der Waals surface area contributed by atoms with E-state index in [-0.39, 0.29) is 23.6 Å². The van der Waals surface area contributed by atoms with Crippen LogP contribution in [-0.2, 0) is 0 Å². The van der Waals surface area contributed by atoms with Gasteiger partial charge >= 0.3 is 5.97 Å². The summed E-state index contributed by atoms with van der Waals surface area (Å²) in [6.07, 6.45) is -4.61. The molecule has 7 heteroatoms. The molecule has 1 heterocycles. The molecule has 1 aromatic heterocycles. The number of aliphatic hydroxyl groups excluding tert-OH is 1. The minimum absolute atomic E-state index is 0.0463. The molecular weight excluding hydrogens is 234 g/mol. The molecule has 0 saturated heterocycles. The van der Waals surface area contributed by atoms with Gasteiger partial charge in [-0.25, -0.2) is 18.6 Å². The number of carboxylic acid groups (broad SMARTS) is 1. The molecule has 0 aromatic carbocycles. The van der Waals surface area contributed by atoms with Gasteiger partial charge in [-0.1, -0.05) is 0 Å². The summed E-state index contributed by atoms with van der Waals surface area (Å²) in [6, 6.07) is 2.68. The minimum atomic E-state index is -2.83. The van der Waals surface area contributed by atoms with Crippen molar-refractivity contribution in [3.05, 3.63) is 23.4 Å². The number of hydrogen-bond acceptors (Lipinski definition) is 4. The molecule has 94 valence electrons. The predicted molar refractivity (Wildman–Crippen MR) is 56.4 cm³/mol. The first kappa shape index (κ1) is 13.3. The van der Waals surface area contributed by atoms with E-state index in [0.29, 0.717) is 0 Å². The number of rotatable bonds is 5. The number of nitrogens with zero attached hydrogens (tertiary/aromatic N) is 1. The summed E-state index contributed by atoms with van der Waals surface area (Å²) >= 11 is 0. The van der Waals surface area contributed by atoms with E-state index in [0.717, 1.165) is 0 Å². The zero-order valence-electron chi connectivity index (χ0n) is 9.02. The molecule has 0 aliphatic rings. The molecule has 0 amide bonds. The molecule has 0 aliphatic carbocycles. The van der Waals surface area contributed by atoms with Crippen molar-refractivity contribution in [2.45, 2.75) is 19.5 Å². The van der Waals surface area contributed by atoms with Gasteiger partial charge in [0.1, 0.15) is 11.9 Å². The Balaban J connectivity index is 2.68. The quantitative estimate of drug-likeness (QED) is 0.725. The number of aromatic carboxylic acids is 1. The van der Waals surface area contributed by atoms with E-state index in [1.54, 1.807) is 0 Å². The molecule has 1 unspecified atom stereocenters. The van der Waals surface area contributed by atoms with Crippen molar-refractivity contribution in [2.24, 2.45) is 0 Å². The van der Waals surface area contributed by atoms with E-state index < -0.39 is 18.5 Å². The van der Waals surface area contributed by atoms with Crippen LogP contribution in [0.15, 0.2) is 12.1 Å². The average Bonchev–Trinajstić information content (AvgIpc) is 2.25. The molecule has 0 radical (unpaired) electrons. The van der Waals surface area contributed by atoms with Gasteiger partial charge < -0.3 is 15.5 Å². The van der Waals surface area contributed by atoms with Crippen molar-refractivity contribution in [2.75, 3.05) is 11.9 Å². The lowest BCUT2D eigenvalue weighted by molar-refractivity contribution is 0.00380. The SMILES string of the molecule is Cc1nc(NCC(O)C(F)F)ccc1C(=O)O. The molecule has 1 atom stereocenters. The van der Waals surface area contributed by atoms with Crippen LogP contribution in [0.25, 0.3) is 0 Å². The second-order valence-electron chi connectivity index (χ2n) is 3.42. The van der Waals surface area contributed by atoms with E-state index in [2.05, 4.69) is 10.3 Å². The largest absolute Gasteiger partial charge is 0.478 e. The number of anilines is 1. The van der Waals surface area contributed by atoms with E-state index >= 15 is 0 Å². The van der Waals surface area contributed by atoms with Gasteiger partial charge in [0, 0.05) is 6.54 Å². The standard InChI is InChI=1S/C10H12F2N2O3/c1-5-6(10(16)17)2-3-8(14-5)13-4-7(15)9(11)12/h2-3,7,9,15H,4H2,1H3,(H,13,14)(H,16,17). The number of nitrogens with one attached hydrogen (secondary N) is 1. The van der Waals surface area contributed by atoms with E-state index in [1.165, 1.54) is 19.1 Å². The monoisotopic (exact) mass is 246 g/mol. The van der Waals surface area contributed by atoms with Crippen LogP contribution >= 0.6 is 0 Å². The van der Waals surface area contributed by atoms with Gasteiger partial charge in [-0.15, -0.1) is 0 Å². The normalized spacial score (nSPS) is 12.5. The third-order valence-corrected chi connectivity index (χ3v) is 2.10. The summed E-state index contributed by atoms with van der Waals surface area (Å²) in [5.41, 5.74) is 0.319. The van der Waals surface area contributed by atoms with Crippen molar-refractivity contribution in [3.63, 3.8) is 0 Å².